The molecule has 2 rings (SSSR count). The zero-order valence-electron chi connectivity index (χ0n) is 12.6. The molecule has 0 amide bonds. The first-order valence-electron chi connectivity index (χ1n) is 7.67. The fraction of sp³-hybridized carbons (Fsp3) is 0.857. The second-order valence-electron chi connectivity index (χ2n) is 5.54. The van der Waals surface area contributed by atoms with Crippen LogP contribution in [-0.2, 0) is 0 Å². The largest absolute Gasteiger partial charge is 0.373 e. The van der Waals surface area contributed by atoms with Gasteiger partial charge in [-0.25, -0.2) is 0 Å². The van der Waals surface area contributed by atoms with Crippen molar-refractivity contribution in [1.82, 2.24) is 10.6 Å². The summed E-state index contributed by atoms with van der Waals surface area (Å²) in [5, 5.41) is 15.3. The standard InChI is InChI=1S/C14H26N6/c1-11(13-15-5-3-6-16-13)9-19-20-10-12(2)14-17-7-4-8-18-14/h11-12H,3-10H2,1-2H3,(H,15,16)(H,17,18). The first-order valence-corrected chi connectivity index (χ1v) is 7.67. The normalized spacial score (nSPS) is 22.5. The number of aliphatic imine (C=N–C) groups is 2. The van der Waals surface area contributed by atoms with Crippen LogP contribution in [0.3, 0.4) is 0 Å². The number of azo groups is 1. The lowest BCUT2D eigenvalue weighted by Crippen LogP contribution is -2.35. The highest BCUT2D eigenvalue weighted by atomic mass is 15.1. The zero-order chi connectivity index (χ0) is 14.2. The third-order valence-electron chi connectivity index (χ3n) is 3.59. The average molecular weight is 278 g/mol. The fourth-order valence-electron chi connectivity index (χ4n) is 2.30. The van der Waals surface area contributed by atoms with E-state index in [1.54, 1.807) is 0 Å². The molecule has 6 nitrogen and oxygen atoms in total. The van der Waals surface area contributed by atoms with Crippen LogP contribution in [0.25, 0.3) is 0 Å². The molecule has 20 heavy (non-hydrogen) atoms. The van der Waals surface area contributed by atoms with E-state index in [1.807, 2.05) is 0 Å². The van der Waals surface area contributed by atoms with Crippen LogP contribution in [0.5, 0.6) is 0 Å². The van der Waals surface area contributed by atoms with Gasteiger partial charge in [0, 0.05) is 38.0 Å². The zero-order valence-corrected chi connectivity index (χ0v) is 12.6. The maximum Gasteiger partial charge on any atom is 0.101 e. The van der Waals surface area contributed by atoms with Gasteiger partial charge in [0.1, 0.15) is 11.7 Å². The lowest BCUT2D eigenvalue weighted by Gasteiger charge is -2.19. The molecule has 0 saturated heterocycles. The Morgan fingerprint density at radius 3 is 1.70 bits per heavy atom. The van der Waals surface area contributed by atoms with Crippen LogP contribution in [0, 0.1) is 11.8 Å². The minimum atomic E-state index is 0.333. The van der Waals surface area contributed by atoms with Crippen molar-refractivity contribution < 1.29 is 0 Å². The summed E-state index contributed by atoms with van der Waals surface area (Å²) < 4.78 is 0. The number of nitrogens with zero attached hydrogens (tertiary/aromatic N) is 4. The Morgan fingerprint density at radius 2 is 1.35 bits per heavy atom. The number of hydrogen-bond acceptors (Lipinski definition) is 6. The van der Waals surface area contributed by atoms with Crippen LogP contribution >= 0.6 is 0 Å². The van der Waals surface area contributed by atoms with Gasteiger partial charge in [0.25, 0.3) is 0 Å². The van der Waals surface area contributed by atoms with Crippen LogP contribution in [-0.4, -0.2) is 50.9 Å². The van der Waals surface area contributed by atoms with E-state index in [4.69, 9.17) is 0 Å². The molecule has 2 aliphatic rings. The molecule has 2 heterocycles. The molecule has 0 aromatic heterocycles. The molecule has 0 spiro atoms. The number of nitrogens with one attached hydrogen (secondary N) is 2. The maximum atomic E-state index is 4.49. The van der Waals surface area contributed by atoms with Gasteiger partial charge in [-0.1, -0.05) is 13.8 Å². The fourth-order valence-corrected chi connectivity index (χ4v) is 2.30. The van der Waals surface area contributed by atoms with Crippen LogP contribution in [0.4, 0.5) is 0 Å². The van der Waals surface area contributed by atoms with Gasteiger partial charge in [-0.2, -0.15) is 10.2 Å². The topological polar surface area (TPSA) is 73.5 Å². The quantitative estimate of drug-likeness (QED) is 0.723. The molecule has 2 aliphatic heterocycles. The van der Waals surface area contributed by atoms with Gasteiger partial charge in [-0.15, -0.1) is 0 Å². The molecule has 112 valence electrons. The van der Waals surface area contributed by atoms with Crippen molar-refractivity contribution in [1.29, 1.82) is 0 Å². The Labute approximate surface area is 121 Å². The predicted octanol–water partition coefficient (Wildman–Crippen LogP) is 1.49. The summed E-state index contributed by atoms with van der Waals surface area (Å²) in [6.07, 6.45) is 2.26. The van der Waals surface area contributed by atoms with Gasteiger partial charge in [-0.3, -0.25) is 9.98 Å². The predicted molar refractivity (Wildman–Crippen MR) is 82.8 cm³/mol. The Bertz CT molecular complexity index is 351. The monoisotopic (exact) mass is 278 g/mol. The summed E-state index contributed by atoms with van der Waals surface area (Å²) in [6.45, 7) is 9.64. The third-order valence-corrected chi connectivity index (χ3v) is 3.59. The molecule has 6 heteroatoms. The van der Waals surface area contributed by atoms with Crippen molar-refractivity contribution in [3.63, 3.8) is 0 Å². The highest BCUT2D eigenvalue weighted by molar-refractivity contribution is 5.85. The van der Waals surface area contributed by atoms with Crippen molar-refractivity contribution in [2.75, 3.05) is 39.3 Å². The molecule has 0 aliphatic carbocycles. The molecule has 0 bridgehead atoms. The minimum absolute atomic E-state index is 0.333. The van der Waals surface area contributed by atoms with E-state index in [0.717, 1.165) is 50.7 Å². The third kappa shape index (κ3) is 4.58. The number of hydrogen-bond donors (Lipinski definition) is 2. The van der Waals surface area contributed by atoms with Crippen LogP contribution in [0.15, 0.2) is 20.2 Å². The Kier molecular flexibility index (Phi) is 5.95. The summed E-state index contributed by atoms with van der Waals surface area (Å²) in [7, 11) is 0. The molecule has 2 unspecified atom stereocenters. The highest BCUT2D eigenvalue weighted by Crippen LogP contribution is 2.05. The highest BCUT2D eigenvalue weighted by Gasteiger charge is 2.13. The number of amidine groups is 2. The van der Waals surface area contributed by atoms with E-state index in [9.17, 15) is 0 Å². The van der Waals surface area contributed by atoms with Gasteiger partial charge in [0.15, 0.2) is 0 Å². The first-order chi connectivity index (χ1) is 9.77. The Balaban J connectivity index is 1.70. The van der Waals surface area contributed by atoms with Crippen molar-refractivity contribution in [3.05, 3.63) is 0 Å². The molecule has 2 atom stereocenters. The molecular formula is C14H26N6. The summed E-state index contributed by atoms with van der Waals surface area (Å²) >= 11 is 0. The van der Waals surface area contributed by atoms with Crippen LogP contribution in [0.1, 0.15) is 26.7 Å². The summed E-state index contributed by atoms with van der Waals surface area (Å²) in [6, 6.07) is 0. The Hall–Kier alpha value is -1.46. The number of rotatable bonds is 6. The van der Waals surface area contributed by atoms with Gasteiger partial charge in [-0.05, 0) is 12.8 Å². The van der Waals surface area contributed by atoms with E-state index >= 15 is 0 Å². The average Bonchev–Trinajstić information content (AvgIpc) is 2.53. The van der Waals surface area contributed by atoms with Crippen molar-refractivity contribution >= 4 is 11.7 Å². The second kappa shape index (κ2) is 7.97. The summed E-state index contributed by atoms with van der Waals surface area (Å²) in [4.78, 5) is 8.98. The summed E-state index contributed by atoms with van der Waals surface area (Å²) in [5.41, 5.74) is 0. The van der Waals surface area contributed by atoms with Crippen molar-refractivity contribution in [2.24, 2.45) is 32.0 Å². The summed E-state index contributed by atoms with van der Waals surface area (Å²) in [5.74, 6) is 2.84. The van der Waals surface area contributed by atoms with E-state index in [2.05, 4.69) is 44.7 Å². The van der Waals surface area contributed by atoms with Gasteiger partial charge >= 0.3 is 0 Å². The molecule has 0 fully saturated rings. The van der Waals surface area contributed by atoms with Crippen molar-refractivity contribution in [3.8, 4) is 0 Å². The lowest BCUT2D eigenvalue weighted by molar-refractivity contribution is 0.628. The van der Waals surface area contributed by atoms with Crippen molar-refractivity contribution in [2.45, 2.75) is 26.7 Å². The molecule has 0 radical (unpaired) electrons. The molecule has 0 aromatic carbocycles. The second-order valence-corrected chi connectivity index (χ2v) is 5.54. The van der Waals surface area contributed by atoms with Gasteiger partial charge in [0.2, 0.25) is 0 Å². The Morgan fingerprint density at radius 1 is 0.900 bits per heavy atom. The SMILES string of the molecule is CC(CN=NCC(C)C1=NCCCN1)C1=NCCCN1. The van der Waals surface area contributed by atoms with Crippen LogP contribution < -0.4 is 10.6 Å². The molecule has 0 aromatic rings. The van der Waals surface area contributed by atoms with E-state index in [0.29, 0.717) is 24.9 Å². The van der Waals surface area contributed by atoms with E-state index in [1.165, 1.54) is 0 Å². The minimum Gasteiger partial charge on any atom is -0.373 e. The van der Waals surface area contributed by atoms with E-state index in [-0.39, 0.29) is 0 Å². The van der Waals surface area contributed by atoms with Gasteiger partial charge in [0.05, 0.1) is 13.1 Å². The van der Waals surface area contributed by atoms with Crippen LogP contribution in [0.2, 0.25) is 0 Å². The van der Waals surface area contributed by atoms with Gasteiger partial charge < -0.3 is 10.6 Å². The van der Waals surface area contributed by atoms with E-state index < -0.39 is 0 Å². The molecule has 2 N–H and O–H groups in total. The first kappa shape index (κ1) is 14.9. The molecular weight excluding hydrogens is 252 g/mol. The maximum absolute atomic E-state index is 4.49. The molecule has 0 saturated carbocycles. The lowest BCUT2D eigenvalue weighted by atomic mass is 10.1. The smallest absolute Gasteiger partial charge is 0.101 e.